The van der Waals surface area contributed by atoms with Crippen molar-refractivity contribution in [3.63, 3.8) is 0 Å². The molecule has 0 amide bonds. The molecule has 0 saturated carbocycles. The van der Waals surface area contributed by atoms with Gasteiger partial charge in [0.2, 0.25) is 0 Å². The van der Waals surface area contributed by atoms with Gasteiger partial charge in [-0.05, 0) is 67.1 Å². The lowest BCUT2D eigenvalue weighted by molar-refractivity contribution is 0.0527. The summed E-state index contributed by atoms with van der Waals surface area (Å²) < 4.78 is 21.2. The summed E-state index contributed by atoms with van der Waals surface area (Å²) in [5, 5.41) is 5.03. The third kappa shape index (κ3) is 7.16. The first-order chi connectivity index (χ1) is 23.3. The molecule has 0 fully saturated rings. The van der Waals surface area contributed by atoms with E-state index in [0.717, 1.165) is 5.56 Å². The van der Waals surface area contributed by atoms with Crippen LogP contribution in [0.3, 0.4) is 0 Å². The van der Waals surface area contributed by atoms with Gasteiger partial charge in [0.05, 0.1) is 40.1 Å². The van der Waals surface area contributed by atoms with E-state index in [-0.39, 0.29) is 17.3 Å². The molecule has 0 spiro atoms. The second kappa shape index (κ2) is 15.8. The molecule has 0 N–H and O–H groups in total. The van der Waals surface area contributed by atoms with E-state index >= 15 is 0 Å². The average molecular weight is 679 g/mol. The van der Waals surface area contributed by atoms with E-state index in [2.05, 4.69) is 103 Å². The number of carbonyl (C=O) groups is 1. The summed E-state index contributed by atoms with van der Waals surface area (Å²) in [7, 11) is 3.16. The number of hydrogen-bond acceptors (Lipinski definition) is 6. The van der Waals surface area contributed by atoms with Gasteiger partial charge in [0, 0.05) is 17.0 Å². The van der Waals surface area contributed by atoms with Gasteiger partial charge in [-0.3, -0.25) is 0 Å². The van der Waals surface area contributed by atoms with E-state index in [1.165, 1.54) is 15.9 Å². The number of esters is 1. The van der Waals surface area contributed by atoms with Gasteiger partial charge < -0.3 is 18.9 Å². The van der Waals surface area contributed by atoms with Gasteiger partial charge in [0.1, 0.15) is 39.6 Å². The van der Waals surface area contributed by atoms with Crippen molar-refractivity contribution in [2.75, 3.05) is 34.6 Å². The molecule has 0 aliphatic heterocycles. The fourth-order valence-electron chi connectivity index (χ4n) is 5.63. The van der Waals surface area contributed by atoms with Crippen LogP contribution in [0.1, 0.15) is 17.3 Å². The number of methoxy groups -OCH3 is 3. The van der Waals surface area contributed by atoms with Crippen LogP contribution < -0.4 is 30.1 Å². The van der Waals surface area contributed by atoms with Gasteiger partial charge in [0.15, 0.2) is 11.5 Å². The van der Waals surface area contributed by atoms with Crippen molar-refractivity contribution in [2.24, 2.45) is 0 Å². The zero-order valence-corrected chi connectivity index (χ0v) is 29.3. The van der Waals surface area contributed by atoms with Crippen molar-refractivity contribution in [3.05, 3.63) is 138 Å². The summed E-state index contributed by atoms with van der Waals surface area (Å²) in [6.07, 6.45) is 0. The Morgan fingerprint density at radius 1 is 0.688 bits per heavy atom. The van der Waals surface area contributed by atoms with Crippen molar-refractivity contribution >= 4 is 51.6 Å². The number of rotatable bonds is 9. The van der Waals surface area contributed by atoms with Gasteiger partial charge in [-0.2, -0.15) is 0 Å². The Labute approximate surface area is 287 Å². The highest BCUT2D eigenvalue weighted by Gasteiger charge is 2.39. The molecular formula is C40H38ClNO5P+. The molecule has 244 valence electrons. The minimum atomic E-state index is -1.53. The van der Waals surface area contributed by atoms with E-state index in [0.29, 0.717) is 33.7 Å². The second-order valence-electron chi connectivity index (χ2n) is 10.8. The summed E-state index contributed by atoms with van der Waals surface area (Å²) >= 11 is 6.41. The summed E-state index contributed by atoms with van der Waals surface area (Å²) in [6.45, 7) is 4.37. The Balaban J connectivity index is 0.000000198. The van der Waals surface area contributed by atoms with Crippen LogP contribution in [0.15, 0.2) is 127 Å². The van der Waals surface area contributed by atoms with Crippen LogP contribution >= 0.6 is 18.9 Å². The molecule has 0 bridgehead atoms. The van der Waals surface area contributed by atoms with Crippen molar-refractivity contribution in [1.29, 1.82) is 0 Å². The van der Waals surface area contributed by atoms with Crippen molar-refractivity contribution in [2.45, 2.75) is 6.92 Å². The molecule has 0 unspecified atom stereocenters. The molecule has 6 rings (SSSR count). The molecule has 1 aromatic heterocycles. The summed E-state index contributed by atoms with van der Waals surface area (Å²) in [5.74, 6) is 1.19. The van der Waals surface area contributed by atoms with Crippen LogP contribution in [0.5, 0.6) is 17.2 Å². The lowest BCUT2D eigenvalue weighted by Crippen LogP contribution is -2.30. The summed E-state index contributed by atoms with van der Waals surface area (Å²) in [6, 6.07) is 43.5. The molecule has 1 heterocycles. The zero-order chi connectivity index (χ0) is 34.1. The van der Waals surface area contributed by atoms with Gasteiger partial charge in [-0.1, -0.05) is 78.3 Å². The molecule has 8 heteroatoms. The molecule has 0 radical (unpaired) electrons. The SMILES string of the molecule is CCOC(=O)c1c(Cl)nc2cc(OC)c(OC)cc2c1-c1ccc(OC)cc1.C[P+](c1ccccc1)(c1ccccc1)c1ccccc1. The fourth-order valence-corrected chi connectivity index (χ4v) is 9.10. The van der Waals surface area contributed by atoms with Gasteiger partial charge >= 0.3 is 5.97 Å². The van der Waals surface area contributed by atoms with Crippen molar-refractivity contribution in [3.8, 4) is 28.4 Å². The standard InChI is InChI=1S/C21H20ClNO5.C19H18P/c1-5-28-21(24)19-18(12-6-8-13(25-2)9-7-12)14-10-16(26-3)17(27-4)11-15(14)23-20(19)22;1-20(17-11-5-2-6-12-17,18-13-7-3-8-14-18)19-15-9-4-10-16-19/h6-11H,5H2,1-4H3;2-16H,1H3/q;+1. The maximum atomic E-state index is 12.7. The molecule has 48 heavy (non-hydrogen) atoms. The molecule has 6 aromatic rings. The largest absolute Gasteiger partial charge is 0.497 e. The van der Waals surface area contributed by atoms with E-state index < -0.39 is 13.2 Å². The van der Waals surface area contributed by atoms with Gasteiger partial charge in [-0.15, -0.1) is 0 Å². The first-order valence-corrected chi connectivity index (χ1v) is 18.1. The highest BCUT2D eigenvalue weighted by atomic mass is 35.5. The number of carbonyl (C=O) groups excluding carboxylic acids is 1. The number of ether oxygens (including phenoxy) is 4. The Morgan fingerprint density at radius 2 is 1.17 bits per heavy atom. The van der Waals surface area contributed by atoms with E-state index in [1.54, 1.807) is 40.4 Å². The maximum absolute atomic E-state index is 12.7. The van der Waals surface area contributed by atoms with Crippen LogP contribution in [0.2, 0.25) is 5.15 Å². The predicted octanol–water partition coefficient (Wildman–Crippen LogP) is 8.37. The fraction of sp³-hybridized carbons (Fsp3) is 0.150. The normalized spacial score (nSPS) is 10.9. The Bertz CT molecular complexity index is 1870. The molecule has 0 aliphatic rings. The van der Waals surface area contributed by atoms with E-state index in [9.17, 15) is 4.79 Å². The quantitative estimate of drug-likeness (QED) is 0.0870. The van der Waals surface area contributed by atoms with Crippen LogP contribution in [0.25, 0.3) is 22.0 Å². The highest BCUT2D eigenvalue weighted by molar-refractivity contribution is 7.95. The Kier molecular flexibility index (Phi) is 11.3. The molecule has 5 aromatic carbocycles. The molecule has 0 aliphatic carbocycles. The molecule has 6 nitrogen and oxygen atoms in total. The van der Waals surface area contributed by atoms with Gasteiger partial charge in [-0.25, -0.2) is 9.78 Å². The number of pyridine rings is 1. The van der Waals surface area contributed by atoms with Crippen LogP contribution in [-0.4, -0.2) is 45.6 Å². The van der Waals surface area contributed by atoms with E-state index in [4.69, 9.17) is 30.5 Å². The van der Waals surface area contributed by atoms with Crippen molar-refractivity contribution < 1.29 is 23.7 Å². The van der Waals surface area contributed by atoms with Crippen LogP contribution in [-0.2, 0) is 4.74 Å². The van der Waals surface area contributed by atoms with E-state index in [1.807, 2.05) is 24.3 Å². The first kappa shape index (κ1) is 34.4. The maximum Gasteiger partial charge on any atom is 0.341 e. The topological polar surface area (TPSA) is 66.9 Å². The monoisotopic (exact) mass is 678 g/mol. The smallest absolute Gasteiger partial charge is 0.341 e. The van der Waals surface area contributed by atoms with Crippen LogP contribution in [0.4, 0.5) is 0 Å². The Hall–Kier alpha value is -4.90. The average Bonchev–Trinajstić information content (AvgIpc) is 3.14. The summed E-state index contributed by atoms with van der Waals surface area (Å²) in [5.41, 5.74) is 2.15. The number of halogens is 1. The van der Waals surface area contributed by atoms with Crippen LogP contribution in [0, 0.1) is 0 Å². The van der Waals surface area contributed by atoms with Gasteiger partial charge in [0.25, 0.3) is 0 Å². The number of fused-ring (bicyclic) bond motifs is 1. The predicted molar refractivity (Wildman–Crippen MR) is 199 cm³/mol. The second-order valence-corrected chi connectivity index (χ2v) is 14.8. The first-order valence-electron chi connectivity index (χ1n) is 15.5. The lowest BCUT2D eigenvalue weighted by atomic mass is 9.96. The van der Waals surface area contributed by atoms with Crippen molar-refractivity contribution in [1.82, 2.24) is 4.98 Å². The molecular weight excluding hydrogens is 641 g/mol. The number of hydrogen-bond donors (Lipinski definition) is 0. The molecule has 0 saturated heterocycles. The number of nitrogens with zero attached hydrogens (tertiary/aromatic N) is 1. The lowest BCUT2D eigenvalue weighted by Gasteiger charge is -2.22. The minimum Gasteiger partial charge on any atom is -0.497 e. The third-order valence-electron chi connectivity index (χ3n) is 8.12. The summed E-state index contributed by atoms with van der Waals surface area (Å²) in [4.78, 5) is 17.1. The third-order valence-corrected chi connectivity index (χ3v) is 12.4. The highest BCUT2D eigenvalue weighted by Crippen LogP contribution is 2.51. The number of aromatic nitrogens is 1. The molecule has 0 atom stereocenters. The zero-order valence-electron chi connectivity index (χ0n) is 27.6. The minimum absolute atomic E-state index is 0.0592. The number of benzene rings is 5. The Morgan fingerprint density at radius 3 is 1.60 bits per heavy atom.